The Hall–Kier alpha value is -1.57. The molecule has 100 valence electrons. The van der Waals surface area contributed by atoms with Crippen molar-refractivity contribution >= 4 is 21.6 Å². The number of hydrogen-bond donors (Lipinski definition) is 1. The molecule has 1 saturated heterocycles. The van der Waals surface area contributed by atoms with E-state index in [4.69, 9.17) is 10.5 Å². The van der Waals surface area contributed by atoms with Gasteiger partial charge in [0.2, 0.25) is 0 Å². The summed E-state index contributed by atoms with van der Waals surface area (Å²) in [4.78, 5) is 11.5. The molecule has 1 aromatic rings. The normalized spacial score (nSPS) is 21.9. The highest BCUT2D eigenvalue weighted by atomic mass is 32.2. The highest BCUT2D eigenvalue weighted by Gasteiger charge is 2.32. The van der Waals surface area contributed by atoms with Gasteiger partial charge in [0.1, 0.15) is 11.4 Å². The number of sulfone groups is 1. The van der Waals surface area contributed by atoms with Gasteiger partial charge >= 0.3 is 5.97 Å². The van der Waals surface area contributed by atoms with Crippen LogP contribution in [0.15, 0.2) is 6.20 Å². The number of nitrogens with two attached hydrogens (primary N) is 1. The fourth-order valence-corrected chi connectivity index (χ4v) is 3.69. The van der Waals surface area contributed by atoms with Crippen LogP contribution in [0.3, 0.4) is 0 Å². The Labute approximate surface area is 105 Å². The Bertz CT molecular complexity index is 564. The van der Waals surface area contributed by atoms with Crippen molar-refractivity contribution in [1.29, 1.82) is 0 Å². The van der Waals surface area contributed by atoms with Gasteiger partial charge in [-0.05, 0) is 13.3 Å². The van der Waals surface area contributed by atoms with Crippen molar-refractivity contribution in [3.05, 3.63) is 11.8 Å². The largest absolute Gasteiger partial charge is 0.462 e. The van der Waals surface area contributed by atoms with Crippen LogP contribution in [-0.4, -0.2) is 42.3 Å². The van der Waals surface area contributed by atoms with Crippen molar-refractivity contribution in [2.24, 2.45) is 0 Å². The highest BCUT2D eigenvalue weighted by Crippen LogP contribution is 2.26. The molecule has 0 radical (unpaired) electrons. The third kappa shape index (κ3) is 2.33. The summed E-state index contributed by atoms with van der Waals surface area (Å²) in [6.45, 7) is 1.95. The first-order chi connectivity index (χ1) is 8.44. The quantitative estimate of drug-likeness (QED) is 0.777. The van der Waals surface area contributed by atoms with Crippen molar-refractivity contribution in [3.63, 3.8) is 0 Å². The van der Waals surface area contributed by atoms with Crippen LogP contribution in [0.2, 0.25) is 0 Å². The van der Waals surface area contributed by atoms with Gasteiger partial charge in [-0.3, -0.25) is 0 Å². The Kier molecular flexibility index (Phi) is 3.29. The maximum Gasteiger partial charge on any atom is 0.343 e. The topological polar surface area (TPSA) is 104 Å². The van der Waals surface area contributed by atoms with Gasteiger partial charge in [0.05, 0.1) is 30.4 Å². The summed E-state index contributed by atoms with van der Waals surface area (Å²) >= 11 is 0. The lowest BCUT2D eigenvalue weighted by Crippen LogP contribution is -2.16. The number of rotatable bonds is 3. The Morgan fingerprint density at radius 2 is 2.39 bits per heavy atom. The number of esters is 1. The summed E-state index contributed by atoms with van der Waals surface area (Å²) in [7, 11) is -3.01. The summed E-state index contributed by atoms with van der Waals surface area (Å²) in [6, 6.07) is -0.293. The van der Waals surface area contributed by atoms with E-state index in [2.05, 4.69) is 5.10 Å². The van der Waals surface area contributed by atoms with Crippen LogP contribution >= 0.6 is 0 Å². The fraction of sp³-hybridized carbons (Fsp3) is 0.600. The van der Waals surface area contributed by atoms with E-state index in [1.54, 1.807) is 6.92 Å². The standard InChI is InChI=1S/C10H15N3O4S/c1-2-17-10(14)8-5-12-13(9(8)11)7-3-4-18(15,16)6-7/h5,7H,2-4,6,11H2,1H3/t7-/m1/s1. The second kappa shape index (κ2) is 4.60. The van der Waals surface area contributed by atoms with E-state index < -0.39 is 15.8 Å². The summed E-state index contributed by atoms with van der Waals surface area (Å²) in [5.41, 5.74) is 5.99. The van der Waals surface area contributed by atoms with Crippen LogP contribution in [0.5, 0.6) is 0 Å². The van der Waals surface area contributed by atoms with Crippen LogP contribution in [-0.2, 0) is 14.6 Å². The first kappa shape index (κ1) is 12.9. The van der Waals surface area contributed by atoms with Gasteiger partial charge in [0, 0.05) is 0 Å². The highest BCUT2D eigenvalue weighted by molar-refractivity contribution is 7.91. The smallest absolute Gasteiger partial charge is 0.343 e. The van der Waals surface area contributed by atoms with Crippen molar-refractivity contribution < 1.29 is 17.9 Å². The minimum Gasteiger partial charge on any atom is -0.462 e. The second-order valence-corrected chi connectivity index (χ2v) is 6.39. The zero-order chi connectivity index (χ0) is 13.3. The van der Waals surface area contributed by atoms with E-state index >= 15 is 0 Å². The van der Waals surface area contributed by atoms with Crippen LogP contribution in [0.1, 0.15) is 29.7 Å². The molecule has 0 aromatic carbocycles. The van der Waals surface area contributed by atoms with Gasteiger partial charge in [-0.2, -0.15) is 5.10 Å². The zero-order valence-corrected chi connectivity index (χ0v) is 10.8. The molecule has 0 amide bonds. The first-order valence-corrected chi connectivity index (χ1v) is 7.47. The fourth-order valence-electron chi connectivity index (χ4n) is 2.00. The van der Waals surface area contributed by atoms with E-state index in [9.17, 15) is 13.2 Å². The summed E-state index contributed by atoms with van der Waals surface area (Å²) in [6.07, 6.45) is 1.79. The van der Waals surface area contributed by atoms with Crippen LogP contribution in [0.4, 0.5) is 5.82 Å². The lowest BCUT2D eigenvalue weighted by molar-refractivity contribution is 0.0527. The van der Waals surface area contributed by atoms with Gasteiger partial charge in [0.15, 0.2) is 9.84 Å². The number of anilines is 1. The molecule has 1 aliphatic heterocycles. The van der Waals surface area contributed by atoms with Crippen LogP contribution in [0.25, 0.3) is 0 Å². The number of nitrogen functional groups attached to an aromatic ring is 1. The molecule has 7 nitrogen and oxygen atoms in total. The Morgan fingerprint density at radius 1 is 1.67 bits per heavy atom. The Morgan fingerprint density at radius 3 is 2.94 bits per heavy atom. The molecule has 1 aliphatic rings. The molecule has 2 heterocycles. The van der Waals surface area contributed by atoms with E-state index in [1.807, 2.05) is 0 Å². The molecule has 18 heavy (non-hydrogen) atoms. The second-order valence-electron chi connectivity index (χ2n) is 4.17. The molecule has 0 unspecified atom stereocenters. The molecule has 8 heteroatoms. The van der Waals surface area contributed by atoms with Gasteiger partial charge < -0.3 is 10.5 Å². The monoisotopic (exact) mass is 273 g/mol. The summed E-state index contributed by atoms with van der Waals surface area (Å²) < 4.78 is 29.0. The van der Waals surface area contributed by atoms with Crippen molar-refractivity contribution in [1.82, 2.24) is 9.78 Å². The van der Waals surface area contributed by atoms with Gasteiger partial charge in [0.25, 0.3) is 0 Å². The third-order valence-corrected chi connectivity index (χ3v) is 4.63. The van der Waals surface area contributed by atoms with E-state index in [0.29, 0.717) is 6.42 Å². The Balaban J connectivity index is 2.24. The molecule has 1 aromatic heterocycles. The molecule has 0 spiro atoms. The first-order valence-electron chi connectivity index (χ1n) is 5.65. The molecule has 0 aliphatic carbocycles. The zero-order valence-electron chi connectivity index (χ0n) is 10.00. The van der Waals surface area contributed by atoms with E-state index in [1.165, 1.54) is 10.9 Å². The number of hydrogen-bond acceptors (Lipinski definition) is 6. The predicted molar refractivity (Wildman–Crippen MR) is 64.9 cm³/mol. The average molecular weight is 273 g/mol. The summed E-state index contributed by atoms with van der Waals surface area (Å²) in [5, 5.41) is 3.99. The SMILES string of the molecule is CCOC(=O)c1cnn([C@@H]2CCS(=O)(=O)C2)c1N. The maximum absolute atomic E-state index is 11.5. The van der Waals surface area contributed by atoms with Gasteiger partial charge in [-0.15, -0.1) is 0 Å². The molecule has 1 fully saturated rings. The number of carbonyl (C=O) groups excluding carboxylic acids is 1. The van der Waals surface area contributed by atoms with Crippen molar-refractivity contribution in [3.8, 4) is 0 Å². The molecular formula is C10H15N3O4S. The number of nitrogens with zero attached hydrogens (tertiary/aromatic N) is 2. The molecule has 1 atom stereocenters. The number of carbonyl (C=O) groups is 1. The van der Waals surface area contributed by atoms with Gasteiger partial charge in [-0.25, -0.2) is 17.9 Å². The third-order valence-electron chi connectivity index (χ3n) is 2.88. The average Bonchev–Trinajstić information content (AvgIpc) is 2.82. The van der Waals surface area contributed by atoms with E-state index in [0.717, 1.165) is 0 Å². The van der Waals surface area contributed by atoms with Gasteiger partial charge in [-0.1, -0.05) is 0 Å². The van der Waals surface area contributed by atoms with Crippen molar-refractivity contribution in [2.75, 3.05) is 23.8 Å². The van der Waals surface area contributed by atoms with Crippen molar-refractivity contribution in [2.45, 2.75) is 19.4 Å². The summed E-state index contributed by atoms with van der Waals surface area (Å²) in [5.74, 6) is -0.231. The minimum absolute atomic E-state index is 0.0150. The predicted octanol–water partition coefficient (Wildman–Crippen LogP) is 0.00160. The van der Waals surface area contributed by atoms with Crippen LogP contribution in [0, 0.1) is 0 Å². The molecular weight excluding hydrogens is 258 g/mol. The lowest BCUT2D eigenvalue weighted by Gasteiger charge is -2.10. The van der Waals surface area contributed by atoms with E-state index in [-0.39, 0.29) is 35.5 Å². The lowest BCUT2D eigenvalue weighted by atomic mass is 10.2. The molecule has 2 N–H and O–H groups in total. The molecule has 0 bridgehead atoms. The number of ether oxygens (including phenoxy) is 1. The van der Waals surface area contributed by atoms with Crippen LogP contribution < -0.4 is 5.73 Å². The maximum atomic E-state index is 11.5. The number of aromatic nitrogens is 2. The molecule has 2 rings (SSSR count). The molecule has 0 saturated carbocycles. The minimum atomic E-state index is -3.01.